The van der Waals surface area contributed by atoms with E-state index in [1.807, 2.05) is 6.20 Å². The van der Waals surface area contributed by atoms with Crippen molar-refractivity contribution >= 4 is 0 Å². The summed E-state index contributed by atoms with van der Waals surface area (Å²) in [6.45, 7) is 7.61. The van der Waals surface area contributed by atoms with Crippen molar-refractivity contribution in [2.45, 2.75) is 39.7 Å². The molecule has 96 valence electrons. The van der Waals surface area contributed by atoms with E-state index in [1.54, 1.807) is 13.3 Å². The second kappa shape index (κ2) is 7.28. The molecule has 0 radical (unpaired) electrons. The summed E-state index contributed by atoms with van der Waals surface area (Å²) in [4.78, 5) is 4.11. The summed E-state index contributed by atoms with van der Waals surface area (Å²) in [5.74, 6) is 1.47. The molecule has 0 bridgehead atoms. The first-order chi connectivity index (χ1) is 8.24. The molecule has 3 heteroatoms. The third-order valence-electron chi connectivity index (χ3n) is 3.11. The molecule has 0 amide bonds. The van der Waals surface area contributed by atoms with Crippen LogP contribution < -0.4 is 10.1 Å². The van der Waals surface area contributed by atoms with Crippen molar-refractivity contribution in [1.82, 2.24) is 10.3 Å². The van der Waals surface area contributed by atoms with Gasteiger partial charge >= 0.3 is 0 Å². The van der Waals surface area contributed by atoms with Gasteiger partial charge in [0.2, 0.25) is 0 Å². The first kappa shape index (κ1) is 14.0. The van der Waals surface area contributed by atoms with E-state index >= 15 is 0 Å². The lowest BCUT2D eigenvalue weighted by Gasteiger charge is -2.26. The van der Waals surface area contributed by atoms with Gasteiger partial charge in [0.05, 0.1) is 13.3 Å². The van der Waals surface area contributed by atoms with Crippen molar-refractivity contribution in [2.24, 2.45) is 5.92 Å². The predicted molar refractivity (Wildman–Crippen MR) is 71.3 cm³/mol. The molecule has 0 spiro atoms. The fraction of sp³-hybridized carbons (Fsp3) is 0.643. The monoisotopic (exact) mass is 236 g/mol. The molecule has 0 aliphatic carbocycles. The van der Waals surface area contributed by atoms with Crippen LogP contribution in [0.15, 0.2) is 18.5 Å². The molecular formula is C14H24N2O. The number of ether oxygens (including phenoxy) is 1. The molecule has 0 fully saturated rings. The Morgan fingerprint density at radius 2 is 2.18 bits per heavy atom. The van der Waals surface area contributed by atoms with Crippen molar-refractivity contribution in [2.75, 3.05) is 13.7 Å². The normalized spacial score (nSPS) is 14.4. The van der Waals surface area contributed by atoms with E-state index in [9.17, 15) is 0 Å². The Bertz CT molecular complexity index is 328. The highest BCUT2D eigenvalue weighted by Crippen LogP contribution is 2.31. The van der Waals surface area contributed by atoms with Crippen LogP contribution >= 0.6 is 0 Å². The zero-order valence-electron chi connectivity index (χ0n) is 11.4. The SMILES string of the molecule is CCCC(C)C(NCC)c1ccncc1OC. The molecule has 1 heterocycles. The average molecular weight is 236 g/mol. The smallest absolute Gasteiger partial charge is 0.141 e. The van der Waals surface area contributed by atoms with Crippen molar-refractivity contribution in [3.8, 4) is 5.75 Å². The highest BCUT2D eigenvalue weighted by Gasteiger charge is 2.20. The topological polar surface area (TPSA) is 34.2 Å². The van der Waals surface area contributed by atoms with Gasteiger partial charge < -0.3 is 10.1 Å². The molecule has 0 aromatic carbocycles. The summed E-state index contributed by atoms with van der Waals surface area (Å²) in [5, 5.41) is 3.55. The van der Waals surface area contributed by atoms with Gasteiger partial charge in [-0.3, -0.25) is 4.98 Å². The van der Waals surface area contributed by atoms with Gasteiger partial charge in [-0.05, 0) is 24.9 Å². The van der Waals surface area contributed by atoms with E-state index in [0.717, 1.165) is 12.3 Å². The average Bonchev–Trinajstić information content (AvgIpc) is 2.36. The summed E-state index contributed by atoms with van der Waals surface area (Å²) in [7, 11) is 1.70. The van der Waals surface area contributed by atoms with E-state index in [4.69, 9.17) is 4.74 Å². The number of aromatic nitrogens is 1. The molecule has 1 rings (SSSR count). The zero-order valence-corrected chi connectivity index (χ0v) is 11.4. The molecule has 0 saturated heterocycles. The molecule has 2 unspecified atom stereocenters. The fourth-order valence-corrected chi connectivity index (χ4v) is 2.28. The van der Waals surface area contributed by atoms with Crippen molar-refractivity contribution in [1.29, 1.82) is 0 Å². The minimum absolute atomic E-state index is 0.345. The third kappa shape index (κ3) is 3.70. The number of rotatable bonds is 7. The lowest BCUT2D eigenvalue weighted by Crippen LogP contribution is -2.27. The lowest BCUT2D eigenvalue weighted by molar-refractivity contribution is 0.345. The van der Waals surface area contributed by atoms with Crippen LogP contribution in [0.5, 0.6) is 5.75 Å². The lowest BCUT2D eigenvalue weighted by atomic mass is 9.91. The zero-order chi connectivity index (χ0) is 12.7. The molecule has 1 aromatic rings. The Kier molecular flexibility index (Phi) is 5.98. The van der Waals surface area contributed by atoms with Gasteiger partial charge in [-0.25, -0.2) is 0 Å². The Morgan fingerprint density at radius 1 is 1.41 bits per heavy atom. The highest BCUT2D eigenvalue weighted by atomic mass is 16.5. The molecule has 17 heavy (non-hydrogen) atoms. The van der Waals surface area contributed by atoms with E-state index in [-0.39, 0.29) is 0 Å². The first-order valence-corrected chi connectivity index (χ1v) is 6.45. The number of hydrogen-bond acceptors (Lipinski definition) is 3. The third-order valence-corrected chi connectivity index (χ3v) is 3.11. The number of nitrogens with one attached hydrogen (secondary N) is 1. The summed E-state index contributed by atoms with van der Waals surface area (Å²) < 4.78 is 5.40. The van der Waals surface area contributed by atoms with Gasteiger partial charge in [-0.2, -0.15) is 0 Å². The number of methoxy groups -OCH3 is 1. The highest BCUT2D eigenvalue weighted by molar-refractivity contribution is 5.33. The number of nitrogens with zero attached hydrogens (tertiary/aromatic N) is 1. The number of hydrogen-bond donors (Lipinski definition) is 1. The molecule has 0 aliphatic rings. The van der Waals surface area contributed by atoms with E-state index in [2.05, 4.69) is 37.1 Å². The van der Waals surface area contributed by atoms with Crippen LogP contribution in [0, 0.1) is 5.92 Å². The van der Waals surface area contributed by atoms with Gasteiger partial charge in [0, 0.05) is 17.8 Å². The van der Waals surface area contributed by atoms with Gasteiger partial charge in [0.1, 0.15) is 5.75 Å². The Morgan fingerprint density at radius 3 is 2.76 bits per heavy atom. The van der Waals surface area contributed by atoms with Crippen LogP contribution in [0.3, 0.4) is 0 Å². The van der Waals surface area contributed by atoms with Crippen LogP contribution in [0.4, 0.5) is 0 Å². The molecule has 1 N–H and O–H groups in total. The quantitative estimate of drug-likeness (QED) is 0.789. The van der Waals surface area contributed by atoms with E-state index in [1.165, 1.54) is 18.4 Å². The first-order valence-electron chi connectivity index (χ1n) is 6.45. The standard InChI is InChI=1S/C14H24N2O/c1-5-7-11(3)14(16-6-2)12-8-9-15-10-13(12)17-4/h8-11,14,16H,5-7H2,1-4H3. The molecule has 3 nitrogen and oxygen atoms in total. The summed E-state index contributed by atoms with van der Waals surface area (Å²) >= 11 is 0. The van der Waals surface area contributed by atoms with E-state index in [0.29, 0.717) is 12.0 Å². The Balaban J connectivity index is 2.95. The van der Waals surface area contributed by atoms with Crippen LogP contribution in [0.2, 0.25) is 0 Å². The predicted octanol–water partition coefficient (Wildman–Crippen LogP) is 3.18. The number of pyridine rings is 1. The largest absolute Gasteiger partial charge is 0.495 e. The Labute approximate surface area is 105 Å². The fourth-order valence-electron chi connectivity index (χ4n) is 2.28. The van der Waals surface area contributed by atoms with Gasteiger partial charge in [0.25, 0.3) is 0 Å². The molecule has 0 saturated carbocycles. The Hall–Kier alpha value is -1.09. The maximum atomic E-state index is 5.40. The van der Waals surface area contributed by atoms with Gasteiger partial charge in [-0.1, -0.05) is 27.2 Å². The van der Waals surface area contributed by atoms with Crippen LogP contribution in [-0.4, -0.2) is 18.6 Å². The summed E-state index contributed by atoms with van der Waals surface area (Å²) in [6.07, 6.45) is 6.04. The van der Waals surface area contributed by atoms with Crippen LogP contribution in [0.25, 0.3) is 0 Å². The second-order valence-electron chi connectivity index (χ2n) is 4.42. The van der Waals surface area contributed by atoms with Gasteiger partial charge in [0.15, 0.2) is 0 Å². The maximum Gasteiger partial charge on any atom is 0.141 e. The maximum absolute atomic E-state index is 5.40. The van der Waals surface area contributed by atoms with Crippen molar-refractivity contribution in [3.63, 3.8) is 0 Å². The summed E-state index contributed by atoms with van der Waals surface area (Å²) in [5.41, 5.74) is 1.21. The van der Waals surface area contributed by atoms with Crippen LogP contribution in [-0.2, 0) is 0 Å². The van der Waals surface area contributed by atoms with Gasteiger partial charge in [-0.15, -0.1) is 0 Å². The summed E-state index contributed by atoms with van der Waals surface area (Å²) in [6, 6.07) is 2.40. The van der Waals surface area contributed by atoms with Crippen LogP contribution in [0.1, 0.15) is 45.2 Å². The second-order valence-corrected chi connectivity index (χ2v) is 4.42. The molecule has 0 aliphatic heterocycles. The molecule has 1 aromatic heterocycles. The van der Waals surface area contributed by atoms with Crippen molar-refractivity contribution < 1.29 is 4.74 Å². The molecular weight excluding hydrogens is 212 g/mol. The van der Waals surface area contributed by atoms with E-state index < -0.39 is 0 Å². The van der Waals surface area contributed by atoms with Crippen molar-refractivity contribution in [3.05, 3.63) is 24.0 Å². The minimum Gasteiger partial charge on any atom is -0.495 e. The minimum atomic E-state index is 0.345. The molecule has 2 atom stereocenters.